The third kappa shape index (κ3) is 3.12. The van der Waals surface area contributed by atoms with E-state index in [1.807, 2.05) is 12.1 Å². The second kappa shape index (κ2) is 5.08. The molecule has 1 fully saturated rings. The van der Waals surface area contributed by atoms with Crippen molar-refractivity contribution >= 4 is 5.91 Å². The Morgan fingerprint density at radius 3 is 2.71 bits per heavy atom. The van der Waals surface area contributed by atoms with Crippen LogP contribution in [0.2, 0.25) is 0 Å². The van der Waals surface area contributed by atoms with Crippen molar-refractivity contribution in [3.63, 3.8) is 0 Å². The van der Waals surface area contributed by atoms with Crippen LogP contribution < -0.4 is 14.8 Å². The number of nitrogens with one attached hydrogen (secondary N) is 1. The van der Waals surface area contributed by atoms with Gasteiger partial charge < -0.3 is 14.8 Å². The Morgan fingerprint density at radius 1 is 1.35 bits per heavy atom. The fraction of sp³-hybridized carbons (Fsp3) is 0.462. The van der Waals surface area contributed by atoms with Gasteiger partial charge in [-0.15, -0.1) is 0 Å². The first-order chi connectivity index (χ1) is 8.22. The van der Waals surface area contributed by atoms with Gasteiger partial charge in [0.05, 0.1) is 20.6 Å². The van der Waals surface area contributed by atoms with E-state index in [9.17, 15) is 4.79 Å². The highest BCUT2D eigenvalue weighted by Gasteiger charge is 2.23. The minimum absolute atomic E-state index is 0.0518. The molecule has 1 aromatic carbocycles. The molecule has 1 amide bonds. The number of carbonyl (C=O) groups is 1. The van der Waals surface area contributed by atoms with Crippen molar-refractivity contribution < 1.29 is 14.3 Å². The van der Waals surface area contributed by atoms with Gasteiger partial charge >= 0.3 is 0 Å². The second-order valence-corrected chi connectivity index (χ2v) is 4.20. The minimum atomic E-state index is 0.0518. The minimum Gasteiger partial charge on any atom is -0.497 e. The molecule has 0 heterocycles. The van der Waals surface area contributed by atoms with Crippen molar-refractivity contribution in [3.8, 4) is 11.5 Å². The smallest absolute Gasteiger partial charge is 0.224 e. The molecule has 1 aliphatic carbocycles. The maximum Gasteiger partial charge on any atom is 0.224 e. The summed E-state index contributed by atoms with van der Waals surface area (Å²) < 4.78 is 10.4. The maximum atomic E-state index is 11.7. The number of methoxy groups -OCH3 is 2. The largest absolute Gasteiger partial charge is 0.497 e. The van der Waals surface area contributed by atoms with Gasteiger partial charge in [0.2, 0.25) is 5.91 Å². The predicted octanol–water partition coefficient (Wildman–Crippen LogP) is 1.52. The van der Waals surface area contributed by atoms with Crippen molar-refractivity contribution in [2.75, 3.05) is 14.2 Å². The van der Waals surface area contributed by atoms with Crippen LogP contribution in [-0.2, 0) is 11.2 Å². The molecular formula is C13H17NO3. The lowest BCUT2D eigenvalue weighted by molar-refractivity contribution is -0.120. The molecule has 0 bridgehead atoms. The van der Waals surface area contributed by atoms with Gasteiger partial charge in [0.25, 0.3) is 0 Å². The molecular weight excluding hydrogens is 218 g/mol. The molecule has 4 heteroatoms. The van der Waals surface area contributed by atoms with Gasteiger partial charge in [-0.05, 0) is 18.9 Å². The topological polar surface area (TPSA) is 47.6 Å². The van der Waals surface area contributed by atoms with Crippen molar-refractivity contribution in [2.24, 2.45) is 0 Å². The predicted molar refractivity (Wildman–Crippen MR) is 64.4 cm³/mol. The van der Waals surface area contributed by atoms with Gasteiger partial charge in [-0.3, -0.25) is 4.79 Å². The van der Waals surface area contributed by atoms with E-state index in [4.69, 9.17) is 9.47 Å². The molecule has 0 saturated heterocycles. The monoisotopic (exact) mass is 235 g/mol. The second-order valence-electron chi connectivity index (χ2n) is 4.20. The van der Waals surface area contributed by atoms with Crippen LogP contribution in [0, 0.1) is 0 Å². The highest BCUT2D eigenvalue weighted by molar-refractivity contribution is 5.80. The van der Waals surface area contributed by atoms with Crippen LogP contribution in [0.15, 0.2) is 18.2 Å². The molecule has 0 aliphatic heterocycles. The van der Waals surface area contributed by atoms with Gasteiger partial charge in [0, 0.05) is 17.7 Å². The number of rotatable bonds is 5. The van der Waals surface area contributed by atoms with Crippen LogP contribution >= 0.6 is 0 Å². The van der Waals surface area contributed by atoms with Gasteiger partial charge in [-0.2, -0.15) is 0 Å². The summed E-state index contributed by atoms with van der Waals surface area (Å²) in [5.74, 6) is 1.47. The summed E-state index contributed by atoms with van der Waals surface area (Å²) >= 11 is 0. The van der Waals surface area contributed by atoms with E-state index >= 15 is 0 Å². The number of hydrogen-bond donors (Lipinski definition) is 1. The van der Waals surface area contributed by atoms with Gasteiger partial charge in [0.1, 0.15) is 11.5 Å². The number of benzene rings is 1. The van der Waals surface area contributed by atoms with Crippen LogP contribution in [0.3, 0.4) is 0 Å². The Hall–Kier alpha value is -1.71. The highest BCUT2D eigenvalue weighted by Crippen LogP contribution is 2.25. The SMILES string of the molecule is COc1ccc(CC(=O)NC2CC2)c(OC)c1. The Morgan fingerprint density at radius 2 is 2.12 bits per heavy atom. The van der Waals surface area contributed by atoms with Crippen molar-refractivity contribution in [1.29, 1.82) is 0 Å². The van der Waals surface area contributed by atoms with E-state index in [1.54, 1.807) is 20.3 Å². The lowest BCUT2D eigenvalue weighted by atomic mass is 10.1. The molecule has 0 spiro atoms. The van der Waals surface area contributed by atoms with Crippen molar-refractivity contribution in [1.82, 2.24) is 5.32 Å². The maximum absolute atomic E-state index is 11.7. The van der Waals surface area contributed by atoms with Gasteiger partial charge in [-0.1, -0.05) is 6.07 Å². The fourth-order valence-corrected chi connectivity index (χ4v) is 1.68. The first kappa shape index (κ1) is 11.8. The molecule has 17 heavy (non-hydrogen) atoms. The molecule has 1 N–H and O–H groups in total. The van der Waals surface area contributed by atoms with Crippen LogP contribution in [0.5, 0.6) is 11.5 Å². The van der Waals surface area contributed by atoms with Gasteiger partial charge in [-0.25, -0.2) is 0 Å². The van der Waals surface area contributed by atoms with E-state index in [-0.39, 0.29) is 5.91 Å². The number of amides is 1. The van der Waals surface area contributed by atoms with E-state index in [1.165, 1.54) is 0 Å². The quantitative estimate of drug-likeness (QED) is 0.841. The Labute approximate surface area is 101 Å². The van der Waals surface area contributed by atoms with E-state index < -0.39 is 0 Å². The number of ether oxygens (including phenoxy) is 2. The summed E-state index contributed by atoms with van der Waals surface area (Å²) in [6.07, 6.45) is 2.56. The van der Waals surface area contributed by atoms with Crippen LogP contribution in [-0.4, -0.2) is 26.2 Å². The molecule has 2 rings (SSSR count). The molecule has 0 unspecified atom stereocenters. The lowest BCUT2D eigenvalue weighted by Gasteiger charge is -2.10. The highest BCUT2D eigenvalue weighted by atomic mass is 16.5. The average Bonchev–Trinajstić information content (AvgIpc) is 3.13. The van der Waals surface area contributed by atoms with Crippen LogP contribution in [0.25, 0.3) is 0 Å². The zero-order valence-corrected chi connectivity index (χ0v) is 10.2. The van der Waals surface area contributed by atoms with Crippen molar-refractivity contribution in [3.05, 3.63) is 23.8 Å². The first-order valence-corrected chi connectivity index (χ1v) is 5.73. The molecule has 1 saturated carbocycles. The molecule has 0 atom stereocenters. The number of carbonyl (C=O) groups excluding carboxylic acids is 1. The summed E-state index contributed by atoms with van der Waals surface area (Å²) in [6.45, 7) is 0. The molecule has 1 aromatic rings. The molecule has 1 aliphatic rings. The lowest BCUT2D eigenvalue weighted by Crippen LogP contribution is -2.27. The normalized spacial score (nSPS) is 14.2. The Kier molecular flexibility index (Phi) is 3.52. The summed E-state index contributed by atoms with van der Waals surface area (Å²) in [7, 11) is 3.20. The summed E-state index contributed by atoms with van der Waals surface area (Å²) in [5, 5.41) is 2.96. The summed E-state index contributed by atoms with van der Waals surface area (Å²) in [4.78, 5) is 11.7. The molecule has 0 aromatic heterocycles. The zero-order valence-electron chi connectivity index (χ0n) is 10.2. The molecule has 92 valence electrons. The Balaban J connectivity index is 2.05. The standard InChI is InChI=1S/C13H17NO3/c1-16-11-6-3-9(12(8-11)17-2)7-13(15)14-10-4-5-10/h3,6,8,10H,4-5,7H2,1-2H3,(H,14,15). The average molecular weight is 235 g/mol. The molecule has 0 radical (unpaired) electrons. The summed E-state index contributed by atoms with van der Waals surface area (Å²) in [5.41, 5.74) is 0.881. The Bertz CT molecular complexity index is 413. The zero-order chi connectivity index (χ0) is 12.3. The van der Waals surface area contributed by atoms with Crippen LogP contribution in [0.4, 0.5) is 0 Å². The van der Waals surface area contributed by atoms with Crippen molar-refractivity contribution in [2.45, 2.75) is 25.3 Å². The summed E-state index contributed by atoms with van der Waals surface area (Å²) in [6, 6.07) is 5.89. The number of hydrogen-bond acceptors (Lipinski definition) is 3. The third-order valence-electron chi connectivity index (χ3n) is 2.79. The third-order valence-corrected chi connectivity index (χ3v) is 2.79. The van der Waals surface area contributed by atoms with Crippen LogP contribution in [0.1, 0.15) is 18.4 Å². The van der Waals surface area contributed by atoms with E-state index in [2.05, 4.69) is 5.32 Å². The molecule has 4 nitrogen and oxygen atoms in total. The first-order valence-electron chi connectivity index (χ1n) is 5.73. The fourth-order valence-electron chi connectivity index (χ4n) is 1.68. The van der Waals surface area contributed by atoms with E-state index in [0.717, 1.165) is 24.2 Å². The van der Waals surface area contributed by atoms with Gasteiger partial charge in [0.15, 0.2) is 0 Å². The van der Waals surface area contributed by atoms with E-state index in [0.29, 0.717) is 18.2 Å².